The van der Waals surface area contributed by atoms with E-state index in [-0.39, 0.29) is 30.9 Å². The van der Waals surface area contributed by atoms with Gasteiger partial charge >= 0.3 is 6.09 Å². The van der Waals surface area contributed by atoms with Gasteiger partial charge in [-0.15, -0.1) is 10.2 Å². The summed E-state index contributed by atoms with van der Waals surface area (Å²) in [4.78, 5) is 13.9. The number of hydrogen-bond donors (Lipinski definition) is 1. The molecule has 1 saturated heterocycles. The van der Waals surface area contributed by atoms with Crippen LogP contribution in [0.3, 0.4) is 0 Å². The third kappa shape index (κ3) is 5.57. The lowest BCUT2D eigenvalue weighted by Gasteiger charge is -2.31. The molecule has 10 heteroatoms. The highest BCUT2D eigenvalue weighted by molar-refractivity contribution is 7.89. The summed E-state index contributed by atoms with van der Waals surface area (Å²) in [6.07, 6.45) is 4.76. The van der Waals surface area contributed by atoms with Gasteiger partial charge < -0.3 is 14.2 Å². The van der Waals surface area contributed by atoms with E-state index in [0.717, 1.165) is 18.4 Å². The molecule has 4 rings (SSSR count). The second-order valence-electron chi connectivity index (χ2n) is 7.96. The van der Waals surface area contributed by atoms with Crippen LogP contribution in [0.2, 0.25) is 0 Å². The van der Waals surface area contributed by atoms with Crippen LogP contribution in [0.15, 0.2) is 36.7 Å². The Kier molecular flexibility index (Phi) is 6.33. The van der Waals surface area contributed by atoms with Crippen LogP contribution in [0.4, 0.5) is 4.79 Å². The van der Waals surface area contributed by atoms with Gasteiger partial charge in [-0.3, -0.25) is 0 Å². The number of ether oxygens (including phenoxy) is 1. The van der Waals surface area contributed by atoms with Gasteiger partial charge in [-0.05, 0) is 37.2 Å². The van der Waals surface area contributed by atoms with Gasteiger partial charge in [0.2, 0.25) is 10.0 Å². The van der Waals surface area contributed by atoms with Gasteiger partial charge in [-0.2, -0.15) is 0 Å². The Labute approximate surface area is 176 Å². The SMILES string of the molecule is O=C(OCc1ccccc1)N1CCC(CS(=O)(=O)NCc2nncn2C2CC2)CC1. The predicted octanol–water partition coefficient (Wildman–Crippen LogP) is 2.08. The van der Waals surface area contributed by atoms with Gasteiger partial charge in [-0.1, -0.05) is 30.3 Å². The molecule has 0 atom stereocenters. The minimum Gasteiger partial charge on any atom is -0.445 e. The number of nitrogens with one attached hydrogen (secondary N) is 1. The monoisotopic (exact) mass is 433 g/mol. The molecule has 162 valence electrons. The van der Waals surface area contributed by atoms with Gasteiger partial charge in [0.1, 0.15) is 18.8 Å². The summed E-state index contributed by atoms with van der Waals surface area (Å²) in [6, 6.07) is 9.94. The molecule has 9 nitrogen and oxygen atoms in total. The van der Waals surface area contributed by atoms with Crippen molar-refractivity contribution in [2.75, 3.05) is 18.8 Å². The van der Waals surface area contributed by atoms with Crippen LogP contribution < -0.4 is 4.72 Å². The smallest absolute Gasteiger partial charge is 0.410 e. The summed E-state index contributed by atoms with van der Waals surface area (Å²) in [6.45, 7) is 1.40. The average Bonchev–Trinajstić information content (AvgIpc) is 3.49. The fraction of sp³-hybridized carbons (Fsp3) is 0.550. The first kappa shape index (κ1) is 20.8. The maximum atomic E-state index is 12.5. The number of likely N-dealkylation sites (tertiary alicyclic amines) is 1. The number of piperidine rings is 1. The molecule has 0 spiro atoms. The van der Waals surface area contributed by atoms with E-state index in [9.17, 15) is 13.2 Å². The van der Waals surface area contributed by atoms with Crippen molar-refractivity contribution in [3.63, 3.8) is 0 Å². The molecule has 1 aromatic heterocycles. The molecule has 0 bridgehead atoms. The molecule has 2 heterocycles. The van der Waals surface area contributed by atoms with E-state index in [1.165, 1.54) is 0 Å². The number of hydrogen-bond acceptors (Lipinski definition) is 6. The zero-order valence-corrected chi connectivity index (χ0v) is 17.6. The largest absolute Gasteiger partial charge is 0.445 e. The van der Waals surface area contributed by atoms with Gasteiger partial charge in [0, 0.05) is 19.1 Å². The molecule has 2 fully saturated rings. The lowest BCUT2D eigenvalue weighted by Crippen LogP contribution is -2.41. The van der Waals surface area contributed by atoms with Gasteiger partial charge in [-0.25, -0.2) is 17.9 Å². The number of carbonyl (C=O) groups is 1. The van der Waals surface area contributed by atoms with Crippen LogP contribution in [0.25, 0.3) is 0 Å². The number of amides is 1. The zero-order valence-electron chi connectivity index (χ0n) is 16.8. The summed E-state index contributed by atoms with van der Waals surface area (Å²) in [7, 11) is -3.43. The van der Waals surface area contributed by atoms with Crippen molar-refractivity contribution >= 4 is 16.1 Å². The molecule has 1 amide bonds. The molecule has 1 saturated carbocycles. The topological polar surface area (TPSA) is 106 Å². The molecule has 1 N–H and O–H groups in total. The van der Waals surface area contributed by atoms with Crippen LogP contribution in [0, 0.1) is 5.92 Å². The quantitative estimate of drug-likeness (QED) is 0.683. The van der Waals surface area contributed by atoms with E-state index >= 15 is 0 Å². The molecule has 0 unspecified atom stereocenters. The molecule has 1 aromatic carbocycles. The van der Waals surface area contributed by atoms with Crippen LogP contribution in [0.1, 0.15) is 43.1 Å². The van der Waals surface area contributed by atoms with E-state index in [1.54, 1.807) is 11.2 Å². The van der Waals surface area contributed by atoms with E-state index in [4.69, 9.17) is 4.74 Å². The normalized spacial score (nSPS) is 17.8. The Morgan fingerprint density at radius 3 is 2.57 bits per heavy atom. The van der Waals surface area contributed by atoms with Crippen molar-refractivity contribution in [1.82, 2.24) is 24.4 Å². The van der Waals surface area contributed by atoms with Crippen LogP contribution in [-0.2, 0) is 27.9 Å². The highest BCUT2D eigenvalue weighted by Gasteiger charge is 2.29. The zero-order chi connectivity index (χ0) is 21.0. The van der Waals surface area contributed by atoms with Crippen molar-refractivity contribution in [2.24, 2.45) is 5.92 Å². The summed E-state index contributed by atoms with van der Waals surface area (Å²) < 4.78 is 34.9. The molecule has 2 aliphatic rings. The number of benzene rings is 1. The lowest BCUT2D eigenvalue weighted by molar-refractivity contribution is 0.0839. The van der Waals surface area contributed by atoms with Crippen LogP contribution in [0.5, 0.6) is 0 Å². The maximum absolute atomic E-state index is 12.5. The number of carbonyl (C=O) groups excluding carboxylic acids is 1. The Morgan fingerprint density at radius 2 is 1.87 bits per heavy atom. The van der Waals surface area contributed by atoms with E-state index in [1.807, 2.05) is 34.9 Å². The molecule has 0 radical (unpaired) electrons. The Hall–Kier alpha value is -2.46. The minimum atomic E-state index is -3.43. The minimum absolute atomic E-state index is 0.0157. The molecule has 30 heavy (non-hydrogen) atoms. The van der Waals surface area contributed by atoms with Crippen molar-refractivity contribution in [3.05, 3.63) is 48.0 Å². The highest BCUT2D eigenvalue weighted by atomic mass is 32.2. The predicted molar refractivity (Wildman–Crippen MR) is 110 cm³/mol. The third-order valence-corrected chi connectivity index (χ3v) is 7.07. The van der Waals surface area contributed by atoms with Gasteiger partial charge in [0.05, 0.1) is 12.3 Å². The van der Waals surface area contributed by atoms with Crippen molar-refractivity contribution in [2.45, 2.75) is 44.9 Å². The molecule has 1 aliphatic carbocycles. The number of nitrogens with zero attached hydrogens (tertiary/aromatic N) is 4. The van der Waals surface area contributed by atoms with Gasteiger partial charge in [0.25, 0.3) is 0 Å². The first-order valence-electron chi connectivity index (χ1n) is 10.3. The number of rotatable bonds is 8. The maximum Gasteiger partial charge on any atom is 0.410 e. The third-order valence-electron chi connectivity index (χ3n) is 5.57. The van der Waals surface area contributed by atoms with Crippen LogP contribution in [-0.4, -0.2) is 53.0 Å². The Bertz CT molecular complexity index is 951. The number of aromatic nitrogens is 3. The first-order valence-corrected chi connectivity index (χ1v) is 12.0. The highest BCUT2D eigenvalue weighted by Crippen LogP contribution is 2.35. The molecule has 1 aliphatic heterocycles. The molecule has 2 aromatic rings. The standard InChI is InChI=1S/C20H27N5O4S/c26-20(29-13-16-4-2-1-3-5-16)24-10-8-17(9-11-24)14-30(27,28)22-12-19-23-21-15-25(19)18-6-7-18/h1-5,15,17-18,22H,6-14H2. The Balaban J connectivity index is 1.20. The Morgan fingerprint density at radius 1 is 1.13 bits per heavy atom. The summed E-state index contributed by atoms with van der Waals surface area (Å²) in [5.41, 5.74) is 0.940. The van der Waals surface area contributed by atoms with E-state index in [2.05, 4.69) is 14.9 Å². The lowest BCUT2D eigenvalue weighted by atomic mass is 9.99. The summed E-state index contributed by atoms with van der Waals surface area (Å²) in [5, 5.41) is 7.91. The fourth-order valence-corrected chi connectivity index (χ4v) is 5.11. The van der Waals surface area contributed by atoms with E-state index in [0.29, 0.717) is 37.8 Å². The van der Waals surface area contributed by atoms with E-state index < -0.39 is 10.0 Å². The number of sulfonamides is 1. The van der Waals surface area contributed by atoms with Crippen molar-refractivity contribution < 1.29 is 17.9 Å². The summed E-state index contributed by atoms with van der Waals surface area (Å²) in [5.74, 6) is 0.719. The second-order valence-corrected chi connectivity index (χ2v) is 9.81. The molecular weight excluding hydrogens is 406 g/mol. The first-order chi connectivity index (χ1) is 14.5. The van der Waals surface area contributed by atoms with Gasteiger partial charge in [0.15, 0.2) is 0 Å². The van der Waals surface area contributed by atoms with Crippen LogP contribution >= 0.6 is 0 Å². The second kappa shape index (κ2) is 9.13. The average molecular weight is 434 g/mol. The van der Waals surface area contributed by atoms with Crippen molar-refractivity contribution in [3.8, 4) is 0 Å². The fourth-order valence-electron chi connectivity index (χ4n) is 3.69. The molecular formula is C20H27N5O4S. The van der Waals surface area contributed by atoms with Crippen molar-refractivity contribution in [1.29, 1.82) is 0 Å². The summed E-state index contributed by atoms with van der Waals surface area (Å²) >= 11 is 0.